The van der Waals surface area contributed by atoms with Crippen molar-refractivity contribution in [1.29, 1.82) is 0 Å². The van der Waals surface area contributed by atoms with Crippen molar-refractivity contribution in [1.82, 2.24) is 4.57 Å². The Hall–Kier alpha value is -1.49. The van der Waals surface area contributed by atoms with Crippen LogP contribution in [0.25, 0.3) is 10.9 Å². The number of hydrogen-bond donors (Lipinski definition) is 1. The highest BCUT2D eigenvalue weighted by Gasteiger charge is 2.30. The number of alkyl halides is 3. The van der Waals surface area contributed by atoms with E-state index in [0.717, 1.165) is 30.0 Å². The summed E-state index contributed by atoms with van der Waals surface area (Å²) in [5.41, 5.74) is 6.45. The zero-order valence-corrected chi connectivity index (χ0v) is 10.1. The van der Waals surface area contributed by atoms with Crippen molar-refractivity contribution < 1.29 is 13.2 Å². The second-order valence-corrected chi connectivity index (χ2v) is 4.36. The third kappa shape index (κ3) is 2.36. The molecule has 1 heterocycles. The van der Waals surface area contributed by atoms with Gasteiger partial charge in [-0.3, -0.25) is 0 Å². The molecule has 5 heteroatoms. The van der Waals surface area contributed by atoms with Crippen molar-refractivity contribution in [2.45, 2.75) is 19.0 Å². The van der Waals surface area contributed by atoms with Crippen LogP contribution in [-0.2, 0) is 19.6 Å². The summed E-state index contributed by atoms with van der Waals surface area (Å²) in [4.78, 5) is 0. The molecule has 0 saturated carbocycles. The van der Waals surface area contributed by atoms with E-state index >= 15 is 0 Å². The van der Waals surface area contributed by atoms with Crippen LogP contribution in [0, 0.1) is 0 Å². The highest BCUT2D eigenvalue weighted by Crippen LogP contribution is 2.32. The van der Waals surface area contributed by atoms with E-state index in [9.17, 15) is 13.2 Å². The first-order valence-electron chi connectivity index (χ1n) is 5.79. The second-order valence-electron chi connectivity index (χ2n) is 4.36. The van der Waals surface area contributed by atoms with Gasteiger partial charge in [-0.1, -0.05) is 6.07 Å². The van der Waals surface area contributed by atoms with Crippen LogP contribution in [0.4, 0.5) is 13.2 Å². The highest BCUT2D eigenvalue weighted by atomic mass is 19.4. The molecule has 2 rings (SSSR count). The minimum atomic E-state index is -4.30. The average Bonchev–Trinajstić information content (AvgIpc) is 2.62. The van der Waals surface area contributed by atoms with Crippen molar-refractivity contribution in [3.8, 4) is 0 Å². The predicted octanol–water partition coefficient (Wildman–Crippen LogP) is 3.09. The highest BCUT2D eigenvalue weighted by molar-refractivity contribution is 5.82. The van der Waals surface area contributed by atoms with Gasteiger partial charge in [0.15, 0.2) is 0 Å². The van der Waals surface area contributed by atoms with E-state index in [-0.39, 0.29) is 0 Å². The van der Waals surface area contributed by atoms with Gasteiger partial charge in [-0.15, -0.1) is 0 Å². The molecule has 0 saturated heterocycles. The van der Waals surface area contributed by atoms with E-state index in [1.165, 1.54) is 12.1 Å². The average molecular weight is 256 g/mol. The Bertz CT molecular complexity index is 555. The van der Waals surface area contributed by atoms with Gasteiger partial charge >= 0.3 is 6.18 Å². The fourth-order valence-corrected chi connectivity index (χ4v) is 2.09. The van der Waals surface area contributed by atoms with E-state index in [0.29, 0.717) is 12.1 Å². The van der Waals surface area contributed by atoms with Crippen LogP contribution in [0.15, 0.2) is 24.3 Å². The van der Waals surface area contributed by atoms with Gasteiger partial charge < -0.3 is 10.3 Å². The number of halogens is 3. The second kappa shape index (κ2) is 4.65. The predicted molar refractivity (Wildman–Crippen MR) is 65.3 cm³/mol. The van der Waals surface area contributed by atoms with Crippen LogP contribution in [0.5, 0.6) is 0 Å². The first kappa shape index (κ1) is 13.0. The van der Waals surface area contributed by atoms with Gasteiger partial charge in [0.05, 0.1) is 5.56 Å². The van der Waals surface area contributed by atoms with E-state index in [4.69, 9.17) is 5.73 Å². The molecule has 0 radical (unpaired) electrons. The van der Waals surface area contributed by atoms with Crippen molar-refractivity contribution in [3.63, 3.8) is 0 Å². The first-order chi connectivity index (χ1) is 8.43. The fraction of sp³-hybridized carbons (Fsp3) is 0.385. The molecule has 0 aliphatic heterocycles. The minimum Gasteiger partial charge on any atom is -0.348 e. The number of benzene rings is 1. The lowest BCUT2D eigenvalue weighted by Crippen LogP contribution is -2.05. The molecule has 0 aliphatic rings. The first-order valence-corrected chi connectivity index (χ1v) is 5.79. The molecule has 1 aromatic heterocycles. The van der Waals surface area contributed by atoms with Gasteiger partial charge in [0, 0.05) is 18.3 Å². The molecular formula is C13H15F3N2. The molecule has 2 N–H and O–H groups in total. The van der Waals surface area contributed by atoms with E-state index in [1.54, 1.807) is 11.6 Å². The standard InChI is InChI=1S/C13H15F3N2/c1-18-11(3-2-6-17)7-9-4-5-10(8-12(9)18)13(14,15)16/h4-5,7-8H,2-3,6,17H2,1H3. The molecule has 2 aromatic rings. The lowest BCUT2D eigenvalue weighted by molar-refractivity contribution is -0.137. The topological polar surface area (TPSA) is 30.9 Å². The quantitative estimate of drug-likeness (QED) is 0.898. The van der Waals surface area contributed by atoms with Gasteiger partial charge in [-0.25, -0.2) is 0 Å². The summed E-state index contributed by atoms with van der Waals surface area (Å²) >= 11 is 0. The largest absolute Gasteiger partial charge is 0.416 e. The molecule has 0 amide bonds. The van der Waals surface area contributed by atoms with Crippen LogP contribution >= 0.6 is 0 Å². The van der Waals surface area contributed by atoms with Crippen LogP contribution in [-0.4, -0.2) is 11.1 Å². The summed E-state index contributed by atoms with van der Waals surface area (Å²) in [5.74, 6) is 0. The van der Waals surface area contributed by atoms with Gasteiger partial charge in [0.25, 0.3) is 0 Å². The van der Waals surface area contributed by atoms with Gasteiger partial charge in [0.2, 0.25) is 0 Å². The minimum absolute atomic E-state index is 0.579. The molecule has 2 nitrogen and oxygen atoms in total. The molecular weight excluding hydrogens is 241 g/mol. The number of fused-ring (bicyclic) bond motifs is 1. The van der Waals surface area contributed by atoms with Gasteiger partial charge in [-0.2, -0.15) is 13.2 Å². The zero-order chi connectivity index (χ0) is 13.3. The van der Waals surface area contributed by atoms with E-state index in [2.05, 4.69) is 0 Å². The molecule has 0 fully saturated rings. The van der Waals surface area contributed by atoms with Crippen LogP contribution < -0.4 is 5.73 Å². The Balaban J connectivity index is 2.47. The van der Waals surface area contributed by atoms with Crippen molar-refractivity contribution in [2.75, 3.05) is 6.54 Å². The third-order valence-electron chi connectivity index (χ3n) is 3.11. The van der Waals surface area contributed by atoms with E-state index in [1.807, 2.05) is 6.07 Å². The summed E-state index contributed by atoms with van der Waals surface area (Å²) < 4.78 is 39.7. The van der Waals surface area contributed by atoms with Crippen LogP contribution in [0.1, 0.15) is 17.7 Å². The lowest BCUT2D eigenvalue weighted by atomic mass is 10.1. The fourth-order valence-electron chi connectivity index (χ4n) is 2.09. The maximum absolute atomic E-state index is 12.6. The maximum atomic E-state index is 12.6. The molecule has 0 spiro atoms. The zero-order valence-electron chi connectivity index (χ0n) is 10.1. The van der Waals surface area contributed by atoms with Crippen molar-refractivity contribution in [2.24, 2.45) is 12.8 Å². The summed E-state index contributed by atoms with van der Waals surface area (Å²) in [5, 5.41) is 0.831. The summed E-state index contributed by atoms with van der Waals surface area (Å²) in [6.07, 6.45) is -2.69. The molecule has 1 aromatic carbocycles. The third-order valence-corrected chi connectivity index (χ3v) is 3.11. The number of rotatable bonds is 3. The Kier molecular flexibility index (Phi) is 3.34. The Morgan fingerprint density at radius 1 is 1.22 bits per heavy atom. The van der Waals surface area contributed by atoms with Crippen molar-refractivity contribution >= 4 is 10.9 Å². The molecule has 0 aliphatic carbocycles. The Labute approximate surface area is 103 Å². The maximum Gasteiger partial charge on any atom is 0.416 e. The SMILES string of the molecule is Cn1c(CCCN)cc2ccc(C(F)(F)F)cc21. The lowest BCUT2D eigenvalue weighted by Gasteiger charge is -2.07. The van der Waals surface area contributed by atoms with Gasteiger partial charge in [0.1, 0.15) is 0 Å². The van der Waals surface area contributed by atoms with Crippen LogP contribution in [0.3, 0.4) is 0 Å². The Morgan fingerprint density at radius 2 is 1.94 bits per heavy atom. The van der Waals surface area contributed by atoms with Crippen LogP contribution in [0.2, 0.25) is 0 Å². The van der Waals surface area contributed by atoms with Gasteiger partial charge in [-0.05, 0) is 43.0 Å². The Morgan fingerprint density at radius 3 is 2.56 bits per heavy atom. The number of nitrogens with two attached hydrogens (primary N) is 1. The van der Waals surface area contributed by atoms with Crippen molar-refractivity contribution in [3.05, 3.63) is 35.5 Å². The number of hydrogen-bond acceptors (Lipinski definition) is 1. The smallest absolute Gasteiger partial charge is 0.348 e. The normalized spacial score (nSPS) is 12.3. The molecule has 0 atom stereocenters. The van der Waals surface area contributed by atoms with E-state index < -0.39 is 11.7 Å². The summed E-state index contributed by atoms with van der Waals surface area (Å²) in [6, 6.07) is 5.76. The molecule has 0 unspecified atom stereocenters. The monoisotopic (exact) mass is 256 g/mol. The molecule has 0 bridgehead atoms. The number of aryl methyl sites for hydroxylation is 2. The molecule has 98 valence electrons. The summed E-state index contributed by atoms with van der Waals surface area (Å²) in [6.45, 7) is 0.579. The number of aromatic nitrogens is 1. The summed E-state index contributed by atoms with van der Waals surface area (Å²) in [7, 11) is 1.79. The molecule has 18 heavy (non-hydrogen) atoms. The number of nitrogens with zero attached hydrogens (tertiary/aromatic N) is 1.